The van der Waals surface area contributed by atoms with Gasteiger partial charge in [0, 0.05) is 5.54 Å². The van der Waals surface area contributed by atoms with Crippen LogP contribution >= 0.6 is 11.3 Å². The fourth-order valence-corrected chi connectivity index (χ4v) is 4.16. The highest BCUT2D eigenvalue weighted by Crippen LogP contribution is 2.32. The monoisotopic (exact) mass is 511 g/mol. The number of hydrogen-bond donors (Lipinski definition) is 2. The number of carbonyl (C=O) groups is 3. The fraction of sp³-hybridized carbons (Fsp3) is 0.296. The molecule has 2 aromatic carbocycles. The number of ether oxygens (including phenoxy) is 1. The number of hydrogen-bond acceptors (Lipinski definition) is 5. The molecule has 0 unspecified atom stereocenters. The highest BCUT2D eigenvalue weighted by atomic mass is 32.1. The number of thiophene rings is 1. The van der Waals surface area contributed by atoms with Crippen molar-refractivity contribution in [3.8, 4) is 5.75 Å². The molecule has 0 fully saturated rings. The van der Waals surface area contributed by atoms with E-state index < -0.39 is 41.7 Å². The largest absolute Gasteiger partial charge is 0.497 e. The van der Waals surface area contributed by atoms with Crippen molar-refractivity contribution in [2.45, 2.75) is 38.8 Å². The van der Waals surface area contributed by atoms with Crippen LogP contribution in [0, 0.1) is 5.82 Å². The van der Waals surface area contributed by atoms with Crippen LogP contribution in [-0.2, 0) is 9.59 Å². The summed E-state index contributed by atoms with van der Waals surface area (Å²) in [4.78, 5) is 41.3. The van der Waals surface area contributed by atoms with Crippen LogP contribution in [0.3, 0.4) is 0 Å². The lowest BCUT2D eigenvalue weighted by Gasteiger charge is -2.35. The van der Waals surface area contributed by atoms with E-state index in [1.807, 2.05) is 20.8 Å². The van der Waals surface area contributed by atoms with E-state index in [1.165, 1.54) is 36.6 Å². The molecule has 36 heavy (non-hydrogen) atoms. The first kappa shape index (κ1) is 26.9. The maximum atomic E-state index is 15.1. The predicted octanol–water partition coefficient (Wildman–Crippen LogP) is 4.70. The van der Waals surface area contributed by atoms with Crippen molar-refractivity contribution in [1.29, 1.82) is 0 Å². The van der Waals surface area contributed by atoms with Gasteiger partial charge in [0.2, 0.25) is 11.8 Å². The lowest BCUT2D eigenvalue weighted by atomic mass is 9.98. The number of nitrogens with zero attached hydrogens (tertiary/aromatic N) is 1. The van der Waals surface area contributed by atoms with Crippen molar-refractivity contribution in [3.63, 3.8) is 0 Å². The van der Waals surface area contributed by atoms with E-state index in [1.54, 1.807) is 47.8 Å². The zero-order chi connectivity index (χ0) is 26.3. The number of benzene rings is 2. The van der Waals surface area contributed by atoms with E-state index in [9.17, 15) is 14.4 Å². The van der Waals surface area contributed by atoms with Crippen LogP contribution < -0.4 is 20.3 Å². The van der Waals surface area contributed by atoms with Crippen LogP contribution in [0.2, 0.25) is 0 Å². The predicted molar refractivity (Wildman–Crippen MR) is 139 cm³/mol. The Morgan fingerprint density at radius 3 is 2.47 bits per heavy atom. The molecule has 3 rings (SSSR count). The van der Waals surface area contributed by atoms with E-state index in [0.29, 0.717) is 22.6 Å². The van der Waals surface area contributed by atoms with Gasteiger partial charge in [-0.25, -0.2) is 4.39 Å². The number of halogens is 1. The standard InChI is InChI=1S/C27H30FN3O4S/c1-5-27(2,3)30-26(34)24(18-10-8-11-19(16-18)35-4)31(21-13-7-6-12-20(21)28)23(32)17-29-25(33)22-14-9-15-36-22/h6-16,24H,5,17H2,1-4H3,(H,29,33)(H,30,34)/t24-/m1/s1. The summed E-state index contributed by atoms with van der Waals surface area (Å²) in [5, 5.41) is 7.31. The molecule has 0 aliphatic carbocycles. The molecule has 3 aromatic rings. The molecular weight excluding hydrogens is 481 g/mol. The van der Waals surface area contributed by atoms with Gasteiger partial charge < -0.3 is 15.4 Å². The molecule has 0 aliphatic rings. The maximum absolute atomic E-state index is 15.1. The average Bonchev–Trinajstić information content (AvgIpc) is 3.41. The van der Waals surface area contributed by atoms with Gasteiger partial charge in [-0.15, -0.1) is 11.3 Å². The molecule has 1 heterocycles. The summed E-state index contributed by atoms with van der Waals surface area (Å²) in [6.45, 7) is 5.23. The van der Waals surface area contributed by atoms with Crippen LogP contribution in [0.4, 0.5) is 10.1 Å². The Bertz CT molecular complexity index is 1210. The molecule has 7 nitrogen and oxygen atoms in total. The second kappa shape index (κ2) is 11.8. The van der Waals surface area contributed by atoms with Gasteiger partial charge in [0.15, 0.2) is 0 Å². The van der Waals surface area contributed by atoms with Crippen LogP contribution in [0.5, 0.6) is 5.75 Å². The first-order valence-electron chi connectivity index (χ1n) is 11.5. The lowest BCUT2D eigenvalue weighted by molar-refractivity contribution is -0.127. The molecule has 190 valence electrons. The minimum atomic E-state index is -1.23. The Morgan fingerprint density at radius 1 is 1.08 bits per heavy atom. The molecule has 1 atom stereocenters. The molecule has 9 heteroatoms. The van der Waals surface area contributed by atoms with E-state index in [0.717, 1.165) is 4.90 Å². The second-order valence-corrected chi connectivity index (χ2v) is 9.73. The van der Waals surface area contributed by atoms with Crippen molar-refractivity contribution in [3.05, 3.63) is 82.3 Å². The number of nitrogens with one attached hydrogen (secondary N) is 2. The highest BCUT2D eigenvalue weighted by Gasteiger charge is 2.36. The lowest BCUT2D eigenvalue weighted by Crippen LogP contribution is -2.52. The number of methoxy groups -OCH3 is 1. The molecule has 0 aliphatic heterocycles. The van der Waals surface area contributed by atoms with Gasteiger partial charge in [-0.05, 0) is 61.5 Å². The van der Waals surface area contributed by atoms with Gasteiger partial charge in [0.25, 0.3) is 5.91 Å². The number of para-hydroxylation sites is 1. The molecule has 3 amide bonds. The Kier molecular flexibility index (Phi) is 8.82. The molecule has 0 saturated heterocycles. The molecule has 1 aromatic heterocycles. The van der Waals surface area contributed by atoms with E-state index in [-0.39, 0.29) is 5.69 Å². The summed E-state index contributed by atoms with van der Waals surface area (Å²) >= 11 is 1.24. The molecule has 2 N–H and O–H groups in total. The van der Waals surface area contributed by atoms with Gasteiger partial charge in [0.1, 0.15) is 17.6 Å². The Morgan fingerprint density at radius 2 is 1.83 bits per heavy atom. The third-order valence-corrected chi connectivity index (χ3v) is 6.66. The third kappa shape index (κ3) is 6.48. The number of rotatable bonds is 10. The summed E-state index contributed by atoms with van der Waals surface area (Å²) in [5.74, 6) is -1.77. The van der Waals surface area contributed by atoms with Crippen LogP contribution in [-0.4, -0.2) is 36.9 Å². The van der Waals surface area contributed by atoms with Gasteiger partial charge >= 0.3 is 0 Å². The Hall–Kier alpha value is -3.72. The van der Waals surface area contributed by atoms with Gasteiger partial charge in [-0.1, -0.05) is 37.3 Å². The Labute approximate surface area is 214 Å². The molecule has 0 radical (unpaired) electrons. The quantitative estimate of drug-likeness (QED) is 0.413. The zero-order valence-corrected chi connectivity index (χ0v) is 21.5. The number of amides is 3. The van der Waals surface area contributed by atoms with E-state index in [4.69, 9.17) is 4.74 Å². The minimum absolute atomic E-state index is 0.0786. The summed E-state index contributed by atoms with van der Waals surface area (Å²) in [6, 6.07) is 14.6. The average molecular weight is 512 g/mol. The Balaban J connectivity index is 2.07. The summed E-state index contributed by atoms with van der Waals surface area (Å²) < 4.78 is 20.4. The third-order valence-electron chi connectivity index (χ3n) is 5.79. The summed E-state index contributed by atoms with van der Waals surface area (Å²) in [6.07, 6.45) is 0.633. The van der Waals surface area contributed by atoms with Crippen LogP contribution in [0.15, 0.2) is 66.0 Å². The minimum Gasteiger partial charge on any atom is -0.497 e. The number of carbonyl (C=O) groups excluding carboxylic acids is 3. The maximum Gasteiger partial charge on any atom is 0.261 e. The van der Waals surface area contributed by atoms with Gasteiger partial charge in [0.05, 0.1) is 24.2 Å². The highest BCUT2D eigenvalue weighted by molar-refractivity contribution is 7.12. The van der Waals surface area contributed by atoms with Crippen LogP contribution in [0.1, 0.15) is 48.5 Å². The van der Waals surface area contributed by atoms with Crippen LogP contribution in [0.25, 0.3) is 0 Å². The second-order valence-electron chi connectivity index (χ2n) is 8.78. The summed E-state index contributed by atoms with van der Waals surface area (Å²) in [5.41, 5.74) is -0.226. The molecule has 0 bridgehead atoms. The van der Waals surface area contributed by atoms with Crippen molar-refractivity contribution < 1.29 is 23.5 Å². The molecular formula is C27H30FN3O4S. The zero-order valence-electron chi connectivity index (χ0n) is 20.7. The first-order chi connectivity index (χ1) is 17.2. The first-order valence-corrected chi connectivity index (χ1v) is 12.4. The molecule has 0 spiro atoms. The fourth-order valence-electron chi connectivity index (χ4n) is 3.52. The van der Waals surface area contributed by atoms with Crippen molar-refractivity contribution in [2.75, 3.05) is 18.6 Å². The van der Waals surface area contributed by atoms with E-state index in [2.05, 4.69) is 10.6 Å². The smallest absolute Gasteiger partial charge is 0.261 e. The van der Waals surface area contributed by atoms with E-state index >= 15 is 4.39 Å². The normalized spacial score (nSPS) is 11.9. The van der Waals surface area contributed by atoms with Crippen molar-refractivity contribution in [1.82, 2.24) is 10.6 Å². The van der Waals surface area contributed by atoms with Crippen molar-refractivity contribution >= 4 is 34.7 Å². The molecule has 0 saturated carbocycles. The van der Waals surface area contributed by atoms with Gasteiger partial charge in [-0.3, -0.25) is 19.3 Å². The SMILES string of the molecule is CCC(C)(C)NC(=O)[C@@H](c1cccc(OC)c1)N(C(=O)CNC(=O)c1cccs1)c1ccccc1F. The topological polar surface area (TPSA) is 87.7 Å². The van der Waals surface area contributed by atoms with Crippen molar-refractivity contribution in [2.24, 2.45) is 0 Å². The summed E-state index contributed by atoms with van der Waals surface area (Å²) in [7, 11) is 1.49. The number of anilines is 1. The van der Waals surface area contributed by atoms with Gasteiger partial charge in [-0.2, -0.15) is 0 Å².